The molecular formula is C22H33N3O4. The summed E-state index contributed by atoms with van der Waals surface area (Å²) in [6.45, 7) is 6.20. The maximum atomic E-state index is 12.2. The molecule has 7 heteroatoms. The zero-order valence-electron chi connectivity index (χ0n) is 17.3. The first kappa shape index (κ1) is 21.6. The van der Waals surface area contributed by atoms with Crippen LogP contribution in [-0.2, 0) is 14.3 Å². The van der Waals surface area contributed by atoms with Crippen molar-refractivity contribution in [1.29, 1.82) is 0 Å². The number of ether oxygens (including phenoxy) is 2. The summed E-state index contributed by atoms with van der Waals surface area (Å²) in [5, 5.41) is 2.98. The molecule has 2 heterocycles. The minimum atomic E-state index is -0.116. The fourth-order valence-corrected chi connectivity index (χ4v) is 4.23. The summed E-state index contributed by atoms with van der Waals surface area (Å²) in [4.78, 5) is 28.5. The average molecular weight is 404 g/mol. The molecule has 2 aliphatic heterocycles. The van der Waals surface area contributed by atoms with Crippen molar-refractivity contribution >= 4 is 11.8 Å². The summed E-state index contributed by atoms with van der Waals surface area (Å²) in [7, 11) is 0. The van der Waals surface area contributed by atoms with Crippen LogP contribution in [0, 0.1) is 0 Å². The molecule has 1 atom stereocenters. The van der Waals surface area contributed by atoms with Gasteiger partial charge in [0.15, 0.2) is 6.61 Å². The second kappa shape index (κ2) is 11.2. The molecular weight excluding hydrogens is 370 g/mol. The van der Waals surface area contributed by atoms with Crippen molar-refractivity contribution in [3.8, 4) is 5.75 Å². The summed E-state index contributed by atoms with van der Waals surface area (Å²) >= 11 is 0. The quantitative estimate of drug-likeness (QED) is 0.715. The number of rotatable bonds is 8. The standard InChI is InChI=1S/C22H33N3O4/c1-18(26)24-12-5-6-20(16-24)25(19-9-14-28-15-10-19)13-11-23-22(27)17-29-21-7-3-2-4-8-21/h2-4,7-8,19-20H,5-6,9-17H2,1H3,(H,23,27). The van der Waals surface area contributed by atoms with Gasteiger partial charge in [0.05, 0.1) is 0 Å². The lowest BCUT2D eigenvalue weighted by Crippen LogP contribution is -2.55. The first-order valence-corrected chi connectivity index (χ1v) is 10.7. The number of hydrogen-bond donors (Lipinski definition) is 1. The molecule has 1 aromatic rings. The molecule has 0 aromatic heterocycles. The van der Waals surface area contributed by atoms with E-state index < -0.39 is 0 Å². The predicted octanol–water partition coefficient (Wildman–Crippen LogP) is 1.67. The van der Waals surface area contributed by atoms with Crippen LogP contribution >= 0.6 is 0 Å². The molecule has 7 nitrogen and oxygen atoms in total. The van der Waals surface area contributed by atoms with Gasteiger partial charge in [0.25, 0.3) is 5.91 Å². The molecule has 1 aromatic carbocycles. The van der Waals surface area contributed by atoms with Crippen LogP contribution in [0.5, 0.6) is 5.75 Å². The predicted molar refractivity (Wildman–Crippen MR) is 111 cm³/mol. The Morgan fingerprint density at radius 1 is 1.17 bits per heavy atom. The molecule has 160 valence electrons. The molecule has 0 radical (unpaired) electrons. The van der Waals surface area contributed by atoms with E-state index in [1.54, 1.807) is 6.92 Å². The lowest BCUT2D eigenvalue weighted by atomic mass is 9.98. The monoisotopic (exact) mass is 403 g/mol. The molecule has 0 spiro atoms. The van der Waals surface area contributed by atoms with Gasteiger partial charge >= 0.3 is 0 Å². The van der Waals surface area contributed by atoms with Gasteiger partial charge in [-0.3, -0.25) is 14.5 Å². The van der Waals surface area contributed by atoms with Crippen molar-refractivity contribution in [2.45, 2.75) is 44.7 Å². The van der Waals surface area contributed by atoms with Crippen molar-refractivity contribution in [3.05, 3.63) is 30.3 Å². The van der Waals surface area contributed by atoms with Gasteiger partial charge in [-0.15, -0.1) is 0 Å². The van der Waals surface area contributed by atoms with Crippen LogP contribution in [0.1, 0.15) is 32.6 Å². The Kier molecular flexibility index (Phi) is 8.31. The van der Waals surface area contributed by atoms with E-state index in [-0.39, 0.29) is 18.4 Å². The summed E-state index contributed by atoms with van der Waals surface area (Å²) in [6, 6.07) is 10.1. The van der Waals surface area contributed by atoms with Crippen LogP contribution in [0.2, 0.25) is 0 Å². The highest BCUT2D eigenvalue weighted by Crippen LogP contribution is 2.23. The second-order valence-electron chi connectivity index (χ2n) is 7.79. The van der Waals surface area contributed by atoms with Gasteiger partial charge in [-0.2, -0.15) is 0 Å². The van der Waals surface area contributed by atoms with E-state index >= 15 is 0 Å². The lowest BCUT2D eigenvalue weighted by molar-refractivity contribution is -0.131. The second-order valence-corrected chi connectivity index (χ2v) is 7.79. The number of benzene rings is 1. The maximum absolute atomic E-state index is 12.2. The van der Waals surface area contributed by atoms with Gasteiger partial charge < -0.3 is 19.7 Å². The molecule has 1 N–H and O–H groups in total. The molecule has 0 bridgehead atoms. The van der Waals surface area contributed by atoms with Gasteiger partial charge in [-0.05, 0) is 37.8 Å². The number of carbonyl (C=O) groups excluding carboxylic acids is 2. The van der Waals surface area contributed by atoms with E-state index in [0.717, 1.165) is 58.5 Å². The Morgan fingerprint density at radius 3 is 2.66 bits per heavy atom. The van der Waals surface area contributed by atoms with Crippen molar-refractivity contribution < 1.29 is 19.1 Å². The van der Waals surface area contributed by atoms with Crippen LogP contribution in [0.25, 0.3) is 0 Å². The van der Waals surface area contributed by atoms with Crippen LogP contribution in [0.15, 0.2) is 30.3 Å². The van der Waals surface area contributed by atoms with E-state index in [0.29, 0.717) is 24.4 Å². The SMILES string of the molecule is CC(=O)N1CCCC(N(CCNC(=O)COc2ccccc2)C2CCOCC2)C1. The summed E-state index contributed by atoms with van der Waals surface area (Å²) in [5.74, 6) is 0.723. The molecule has 0 saturated carbocycles. The highest BCUT2D eigenvalue weighted by atomic mass is 16.5. The molecule has 29 heavy (non-hydrogen) atoms. The fraction of sp³-hybridized carbons (Fsp3) is 0.636. The molecule has 2 aliphatic rings. The van der Waals surface area contributed by atoms with Gasteiger partial charge in [-0.1, -0.05) is 18.2 Å². The van der Waals surface area contributed by atoms with Gasteiger partial charge in [-0.25, -0.2) is 0 Å². The van der Waals surface area contributed by atoms with E-state index in [4.69, 9.17) is 9.47 Å². The first-order valence-electron chi connectivity index (χ1n) is 10.7. The van der Waals surface area contributed by atoms with Crippen LogP contribution < -0.4 is 10.1 Å². The van der Waals surface area contributed by atoms with E-state index in [9.17, 15) is 9.59 Å². The lowest BCUT2D eigenvalue weighted by Gasteiger charge is -2.44. The Hall–Kier alpha value is -2.12. The average Bonchev–Trinajstić information content (AvgIpc) is 2.76. The number of nitrogens with one attached hydrogen (secondary N) is 1. The van der Waals surface area contributed by atoms with Gasteiger partial charge in [0.1, 0.15) is 5.75 Å². The van der Waals surface area contributed by atoms with E-state index in [1.165, 1.54) is 0 Å². The van der Waals surface area contributed by atoms with Crippen molar-refractivity contribution in [2.75, 3.05) is 46.0 Å². The highest BCUT2D eigenvalue weighted by Gasteiger charge is 2.31. The van der Waals surface area contributed by atoms with Crippen LogP contribution in [-0.4, -0.2) is 79.7 Å². The normalized spacial score (nSPS) is 20.5. The number of piperidine rings is 1. The Labute approximate surface area is 173 Å². The third-order valence-corrected chi connectivity index (χ3v) is 5.78. The topological polar surface area (TPSA) is 71.1 Å². The van der Waals surface area contributed by atoms with Gasteiger partial charge in [0, 0.05) is 58.4 Å². The Bertz CT molecular complexity index is 649. The third-order valence-electron chi connectivity index (χ3n) is 5.78. The molecule has 2 saturated heterocycles. The number of nitrogens with zero attached hydrogens (tertiary/aromatic N) is 2. The molecule has 1 unspecified atom stereocenters. The molecule has 2 fully saturated rings. The highest BCUT2D eigenvalue weighted by molar-refractivity contribution is 5.77. The Balaban J connectivity index is 1.50. The van der Waals surface area contributed by atoms with Gasteiger partial charge in [0.2, 0.25) is 5.91 Å². The zero-order valence-corrected chi connectivity index (χ0v) is 17.3. The zero-order chi connectivity index (χ0) is 20.5. The third kappa shape index (κ3) is 6.72. The van der Waals surface area contributed by atoms with E-state index in [1.807, 2.05) is 35.2 Å². The number of carbonyl (C=O) groups is 2. The molecule has 0 aliphatic carbocycles. The van der Waals surface area contributed by atoms with E-state index in [2.05, 4.69) is 10.2 Å². The molecule has 2 amide bonds. The minimum Gasteiger partial charge on any atom is -0.484 e. The largest absolute Gasteiger partial charge is 0.484 e. The smallest absolute Gasteiger partial charge is 0.257 e. The summed E-state index contributed by atoms with van der Waals surface area (Å²) in [5.41, 5.74) is 0. The minimum absolute atomic E-state index is 0.0167. The Morgan fingerprint density at radius 2 is 1.93 bits per heavy atom. The van der Waals surface area contributed by atoms with Crippen molar-refractivity contribution in [1.82, 2.24) is 15.1 Å². The van der Waals surface area contributed by atoms with Crippen molar-refractivity contribution in [3.63, 3.8) is 0 Å². The number of para-hydroxylation sites is 1. The molecule has 3 rings (SSSR count). The maximum Gasteiger partial charge on any atom is 0.257 e. The first-order chi connectivity index (χ1) is 14.1. The van der Waals surface area contributed by atoms with Crippen LogP contribution in [0.3, 0.4) is 0 Å². The summed E-state index contributed by atoms with van der Waals surface area (Å²) < 4.78 is 11.0. The number of amides is 2. The number of likely N-dealkylation sites (tertiary alicyclic amines) is 1. The summed E-state index contributed by atoms with van der Waals surface area (Å²) in [6.07, 6.45) is 4.12. The fourth-order valence-electron chi connectivity index (χ4n) is 4.23. The van der Waals surface area contributed by atoms with Crippen LogP contribution in [0.4, 0.5) is 0 Å². The number of hydrogen-bond acceptors (Lipinski definition) is 5. The van der Waals surface area contributed by atoms with Crippen molar-refractivity contribution in [2.24, 2.45) is 0 Å².